The number of aromatic nitrogens is 2. The Bertz CT molecular complexity index is 764. The molecule has 0 N–H and O–H groups in total. The Balaban J connectivity index is 1.65. The van der Waals surface area contributed by atoms with E-state index >= 15 is 0 Å². The zero-order valence-electron chi connectivity index (χ0n) is 12.0. The highest BCUT2D eigenvalue weighted by atomic mass is 16.5. The van der Waals surface area contributed by atoms with Gasteiger partial charge in [-0.2, -0.15) is 0 Å². The lowest BCUT2D eigenvalue weighted by Gasteiger charge is -2.01. The van der Waals surface area contributed by atoms with E-state index in [0.29, 0.717) is 17.0 Å². The van der Waals surface area contributed by atoms with E-state index in [1.165, 1.54) is 5.56 Å². The van der Waals surface area contributed by atoms with Crippen LogP contribution in [0.2, 0.25) is 0 Å². The molecule has 0 spiro atoms. The van der Waals surface area contributed by atoms with Gasteiger partial charge >= 0.3 is 5.97 Å². The predicted molar refractivity (Wildman–Crippen MR) is 80.0 cm³/mol. The average Bonchev–Trinajstić information content (AvgIpc) is 3.03. The first-order chi connectivity index (χ1) is 10.7. The molecule has 110 valence electrons. The van der Waals surface area contributed by atoms with E-state index in [2.05, 4.69) is 10.1 Å². The van der Waals surface area contributed by atoms with Crippen LogP contribution in [0.25, 0.3) is 11.3 Å². The third-order valence-electron chi connectivity index (χ3n) is 3.16. The molecule has 0 saturated heterocycles. The van der Waals surface area contributed by atoms with Crippen molar-refractivity contribution in [1.29, 1.82) is 0 Å². The molecule has 0 aliphatic carbocycles. The lowest BCUT2D eigenvalue weighted by molar-refractivity contribution is 0.0464. The van der Waals surface area contributed by atoms with Crippen molar-refractivity contribution in [3.05, 3.63) is 71.7 Å². The molecule has 3 rings (SSSR count). The van der Waals surface area contributed by atoms with Crippen molar-refractivity contribution in [2.75, 3.05) is 0 Å². The topological polar surface area (TPSA) is 65.2 Å². The van der Waals surface area contributed by atoms with Crippen LogP contribution in [0.5, 0.6) is 0 Å². The SMILES string of the molecule is Cc1ccc(-c2cc(COC(=O)c3ccncc3)no2)cc1. The number of ether oxygens (including phenoxy) is 1. The first-order valence-corrected chi connectivity index (χ1v) is 6.82. The maximum atomic E-state index is 11.8. The quantitative estimate of drug-likeness (QED) is 0.690. The van der Waals surface area contributed by atoms with Crippen molar-refractivity contribution in [2.45, 2.75) is 13.5 Å². The van der Waals surface area contributed by atoms with Gasteiger partial charge in [0.25, 0.3) is 0 Å². The number of nitrogens with zero attached hydrogens (tertiary/aromatic N) is 2. The van der Waals surface area contributed by atoms with E-state index in [1.807, 2.05) is 31.2 Å². The molecule has 2 heterocycles. The normalized spacial score (nSPS) is 10.4. The van der Waals surface area contributed by atoms with Gasteiger partial charge in [-0.05, 0) is 19.1 Å². The van der Waals surface area contributed by atoms with Crippen molar-refractivity contribution >= 4 is 5.97 Å². The van der Waals surface area contributed by atoms with Crippen molar-refractivity contribution < 1.29 is 14.1 Å². The van der Waals surface area contributed by atoms with E-state index in [1.54, 1.807) is 30.6 Å². The summed E-state index contributed by atoms with van der Waals surface area (Å²) in [6.45, 7) is 2.09. The molecule has 0 atom stereocenters. The fraction of sp³-hybridized carbons (Fsp3) is 0.118. The van der Waals surface area contributed by atoms with Gasteiger partial charge in [0, 0.05) is 24.0 Å². The maximum Gasteiger partial charge on any atom is 0.338 e. The minimum absolute atomic E-state index is 0.0660. The summed E-state index contributed by atoms with van der Waals surface area (Å²) in [5.74, 6) is 0.234. The molecule has 5 heteroatoms. The Hall–Kier alpha value is -2.95. The van der Waals surface area contributed by atoms with E-state index in [-0.39, 0.29) is 6.61 Å². The van der Waals surface area contributed by atoms with Gasteiger partial charge in [-0.25, -0.2) is 4.79 Å². The van der Waals surface area contributed by atoms with Crippen LogP contribution in [0.15, 0.2) is 59.4 Å². The van der Waals surface area contributed by atoms with Crippen LogP contribution < -0.4 is 0 Å². The number of carbonyl (C=O) groups excluding carboxylic acids is 1. The second-order valence-corrected chi connectivity index (χ2v) is 4.86. The standard InChI is InChI=1S/C17H14N2O3/c1-12-2-4-13(5-3-12)16-10-15(19-22-16)11-21-17(20)14-6-8-18-9-7-14/h2-10H,11H2,1H3. The van der Waals surface area contributed by atoms with Crippen molar-refractivity contribution in [2.24, 2.45) is 0 Å². The summed E-state index contributed by atoms with van der Waals surface area (Å²) in [6, 6.07) is 12.9. The lowest BCUT2D eigenvalue weighted by atomic mass is 10.1. The smallest absolute Gasteiger partial charge is 0.338 e. The van der Waals surface area contributed by atoms with Gasteiger partial charge < -0.3 is 9.26 Å². The molecule has 1 aromatic carbocycles. The minimum Gasteiger partial charge on any atom is -0.455 e. The largest absolute Gasteiger partial charge is 0.455 e. The average molecular weight is 294 g/mol. The van der Waals surface area contributed by atoms with Gasteiger partial charge in [-0.3, -0.25) is 4.98 Å². The minimum atomic E-state index is -0.415. The number of hydrogen-bond acceptors (Lipinski definition) is 5. The van der Waals surface area contributed by atoms with Crippen LogP contribution in [0, 0.1) is 6.92 Å². The number of esters is 1. The number of pyridine rings is 1. The van der Waals surface area contributed by atoms with Gasteiger partial charge in [0.1, 0.15) is 12.3 Å². The first-order valence-electron chi connectivity index (χ1n) is 6.82. The maximum absolute atomic E-state index is 11.8. The highest BCUT2D eigenvalue weighted by Crippen LogP contribution is 2.21. The third kappa shape index (κ3) is 3.20. The molecule has 0 fully saturated rings. The summed E-state index contributed by atoms with van der Waals surface area (Å²) >= 11 is 0. The molecule has 2 aromatic heterocycles. The first kappa shape index (κ1) is 14.0. The molecular weight excluding hydrogens is 280 g/mol. The molecule has 0 bridgehead atoms. The Labute approximate surface area is 127 Å². The molecule has 0 aliphatic rings. The van der Waals surface area contributed by atoms with Crippen LogP contribution in [0.1, 0.15) is 21.6 Å². The molecule has 0 aliphatic heterocycles. The van der Waals surface area contributed by atoms with Crippen LogP contribution >= 0.6 is 0 Å². The molecule has 22 heavy (non-hydrogen) atoms. The van der Waals surface area contributed by atoms with Crippen molar-refractivity contribution in [3.8, 4) is 11.3 Å². The lowest BCUT2D eigenvalue weighted by Crippen LogP contribution is -2.05. The second kappa shape index (κ2) is 6.22. The van der Waals surface area contributed by atoms with Gasteiger partial charge in [-0.15, -0.1) is 0 Å². The van der Waals surface area contributed by atoms with Crippen LogP contribution in [-0.4, -0.2) is 16.1 Å². The highest BCUT2D eigenvalue weighted by molar-refractivity contribution is 5.89. The van der Waals surface area contributed by atoms with Gasteiger partial charge in [-0.1, -0.05) is 35.0 Å². The van der Waals surface area contributed by atoms with E-state index in [0.717, 1.165) is 5.56 Å². The van der Waals surface area contributed by atoms with Gasteiger partial charge in [0.15, 0.2) is 5.76 Å². The Kier molecular flexibility index (Phi) is 3.96. The molecule has 0 amide bonds. The number of aryl methyl sites for hydroxylation is 1. The molecule has 0 radical (unpaired) electrons. The van der Waals surface area contributed by atoms with Crippen molar-refractivity contribution in [3.63, 3.8) is 0 Å². The predicted octanol–water partition coefficient (Wildman–Crippen LogP) is 3.40. The van der Waals surface area contributed by atoms with E-state index < -0.39 is 5.97 Å². The van der Waals surface area contributed by atoms with Crippen molar-refractivity contribution in [1.82, 2.24) is 10.1 Å². The number of rotatable bonds is 4. The van der Waals surface area contributed by atoms with Gasteiger partial charge in [0.2, 0.25) is 0 Å². The fourth-order valence-corrected chi connectivity index (χ4v) is 1.94. The monoisotopic (exact) mass is 294 g/mol. The Morgan fingerprint density at radius 1 is 1.14 bits per heavy atom. The summed E-state index contributed by atoms with van der Waals surface area (Å²) in [7, 11) is 0. The van der Waals surface area contributed by atoms with Crippen LogP contribution in [0.4, 0.5) is 0 Å². The summed E-state index contributed by atoms with van der Waals surface area (Å²) in [6.07, 6.45) is 3.09. The zero-order valence-corrected chi connectivity index (χ0v) is 12.0. The number of benzene rings is 1. The fourth-order valence-electron chi connectivity index (χ4n) is 1.94. The summed E-state index contributed by atoms with van der Waals surface area (Å²) in [5.41, 5.74) is 3.13. The molecule has 3 aromatic rings. The molecular formula is C17H14N2O3. The van der Waals surface area contributed by atoms with E-state index in [4.69, 9.17) is 9.26 Å². The highest BCUT2D eigenvalue weighted by Gasteiger charge is 2.10. The Morgan fingerprint density at radius 3 is 2.59 bits per heavy atom. The zero-order chi connectivity index (χ0) is 15.4. The summed E-state index contributed by atoms with van der Waals surface area (Å²) < 4.78 is 10.5. The Morgan fingerprint density at radius 2 is 1.86 bits per heavy atom. The number of carbonyl (C=O) groups is 1. The summed E-state index contributed by atoms with van der Waals surface area (Å²) in [4.78, 5) is 15.7. The second-order valence-electron chi connectivity index (χ2n) is 4.86. The number of hydrogen-bond donors (Lipinski definition) is 0. The van der Waals surface area contributed by atoms with Crippen LogP contribution in [-0.2, 0) is 11.3 Å². The molecule has 0 saturated carbocycles. The van der Waals surface area contributed by atoms with Gasteiger partial charge in [0.05, 0.1) is 5.56 Å². The molecule has 0 unspecified atom stereocenters. The molecule has 5 nitrogen and oxygen atoms in total. The summed E-state index contributed by atoms with van der Waals surface area (Å²) in [5, 5.41) is 3.92. The third-order valence-corrected chi connectivity index (χ3v) is 3.16. The van der Waals surface area contributed by atoms with E-state index in [9.17, 15) is 4.79 Å². The van der Waals surface area contributed by atoms with Crippen LogP contribution in [0.3, 0.4) is 0 Å².